The minimum atomic E-state index is -0.436. The van der Waals surface area contributed by atoms with E-state index in [4.69, 9.17) is 10.5 Å². The number of carbonyl (C=O) groups excluding carboxylic acids is 1. The maximum absolute atomic E-state index is 11.3. The van der Waals surface area contributed by atoms with E-state index in [1.165, 1.54) is 5.56 Å². The number of primary amides is 1. The van der Waals surface area contributed by atoms with Gasteiger partial charge in [-0.05, 0) is 35.9 Å². The molecule has 0 saturated carbocycles. The second-order valence-electron chi connectivity index (χ2n) is 6.77. The minimum Gasteiger partial charge on any atom is -0.497 e. The van der Waals surface area contributed by atoms with Crippen LogP contribution in [-0.4, -0.2) is 54.1 Å². The van der Waals surface area contributed by atoms with E-state index in [1.807, 2.05) is 18.2 Å². The van der Waals surface area contributed by atoms with Crippen molar-refractivity contribution < 1.29 is 9.53 Å². The summed E-state index contributed by atoms with van der Waals surface area (Å²) in [5, 5.41) is 0. The number of anilines is 1. The lowest BCUT2D eigenvalue weighted by atomic mass is 10.2. The number of aromatic nitrogens is 2. The molecule has 7 heteroatoms. The number of nitrogens with two attached hydrogens (primary N) is 1. The fraction of sp³-hybridized carbons (Fsp3) is 0.300. The van der Waals surface area contributed by atoms with Crippen molar-refractivity contribution in [1.82, 2.24) is 14.9 Å². The number of carbonyl (C=O) groups is 1. The van der Waals surface area contributed by atoms with Crippen LogP contribution in [0.4, 0.5) is 5.95 Å². The van der Waals surface area contributed by atoms with E-state index in [0.29, 0.717) is 5.56 Å². The molecule has 0 aliphatic carbocycles. The van der Waals surface area contributed by atoms with Gasteiger partial charge in [0.15, 0.2) is 0 Å². The Morgan fingerprint density at radius 1 is 1.15 bits per heavy atom. The number of rotatable bonds is 5. The van der Waals surface area contributed by atoms with Crippen molar-refractivity contribution in [2.24, 2.45) is 5.73 Å². The van der Waals surface area contributed by atoms with Crippen molar-refractivity contribution in [3.63, 3.8) is 0 Å². The highest BCUT2D eigenvalue weighted by molar-refractivity contribution is 5.96. The van der Waals surface area contributed by atoms with Crippen molar-refractivity contribution >= 4 is 22.9 Å². The summed E-state index contributed by atoms with van der Waals surface area (Å²) in [5.74, 6) is 1.29. The molecule has 7 nitrogen and oxygen atoms in total. The maximum atomic E-state index is 11.3. The molecular weight excluding hydrogens is 342 g/mol. The third-order valence-electron chi connectivity index (χ3n) is 4.99. The fourth-order valence-electron chi connectivity index (χ4n) is 3.40. The number of fused-ring (bicyclic) bond motifs is 1. The summed E-state index contributed by atoms with van der Waals surface area (Å²) < 4.78 is 5.21. The number of imidazole rings is 1. The van der Waals surface area contributed by atoms with E-state index < -0.39 is 5.91 Å². The molecule has 1 aliphatic rings. The summed E-state index contributed by atoms with van der Waals surface area (Å²) in [6, 6.07) is 13.5. The molecular formula is C20H23N5O2. The van der Waals surface area contributed by atoms with Gasteiger partial charge in [-0.3, -0.25) is 9.69 Å². The average molecular weight is 365 g/mol. The molecule has 0 bridgehead atoms. The monoisotopic (exact) mass is 365 g/mol. The fourth-order valence-corrected chi connectivity index (χ4v) is 3.40. The van der Waals surface area contributed by atoms with Crippen LogP contribution in [0.2, 0.25) is 0 Å². The first kappa shape index (κ1) is 17.4. The third kappa shape index (κ3) is 3.73. The van der Waals surface area contributed by atoms with Gasteiger partial charge in [-0.15, -0.1) is 0 Å². The summed E-state index contributed by atoms with van der Waals surface area (Å²) in [5.41, 5.74) is 8.79. The Hall–Kier alpha value is -3.06. The molecule has 27 heavy (non-hydrogen) atoms. The number of hydrogen-bond donors (Lipinski definition) is 2. The molecule has 1 amide bonds. The Morgan fingerprint density at radius 2 is 1.89 bits per heavy atom. The zero-order chi connectivity index (χ0) is 18.8. The lowest BCUT2D eigenvalue weighted by Crippen LogP contribution is -2.46. The third-order valence-corrected chi connectivity index (χ3v) is 4.99. The smallest absolute Gasteiger partial charge is 0.248 e. The summed E-state index contributed by atoms with van der Waals surface area (Å²) >= 11 is 0. The van der Waals surface area contributed by atoms with Gasteiger partial charge in [0.05, 0.1) is 18.1 Å². The van der Waals surface area contributed by atoms with E-state index in [1.54, 1.807) is 19.2 Å². The van der Waals surface area contributed by atoms with Gasteiger partial charge in [0.1, 0.15) is 5.75 Å². The predicted molar refractivity (Wildman–Crippen MR) is 105 cm³/mol. The van der Waals surface area contributed by atoms with Gasteiger partial charge in [-0.1, -0.05) is 12.1 Å². The van der Waals surface area contributed by atoms with Crippen LogP contribution < -0.4 is 15.4 Å². The summed E-state index contributed by atoms with van der Waals surface area (Å²) in [7, 11) is 1.68. The van der Waals surface area contributed by atoms with Gasteiger partial charge in [0, 0.05) is 38.3 Å². The van der Waals surface area contributed by atoms with Crippen LogP contribution in [0.15, 0.2) is 42.5 Å². The average Bonchev–Trinajstić information content (AvgIpc) is 3.12. The highest BCUT2D eigenvalue weighted by atomic mass is 16.5. The normalized spacial score (nSPS) is 15.2. The number of hydrogen-bond acceptors (Lipinski definition) is 5. The van der Waals surface area contributed by atoms with E-state index >= 15 is 0 Å². The van der Waals surface area contributed by atoms with Crippen molar-refractivity contribution in [2.75, 3.05) is 38.2 Å². The zero-order valence-electron chi connectivity index (χ0n) is 15.3. The number of nitrogens with one attached hydrogen (secondary N) is 1. The summed E-state index contributed by atoms with van der Waals surface area (Å²) in [6.45, 7) is 4.67. The van der Waals surface area contributed by atoms with Gasteiger partial charge >= 0.3 is 0 Å². The zero-order valence-corrected chi connectivity index (χ0v) is 15.3. The Morgan fingerprint density at radius 3 is 2.56 bits per heavy atom. The summed E-state index contributed by atoms with van der Waals surface area (Å²) in [6.07, 6.45) is 0. The Bertz CT molecular complexity index is 943. The number of nitrogens with zero attached hydrogens (tertiary/aromatic N) is 3. The van der Waals surface area contributed by atoms with Crippen LogP contribution in [0.25, 0.3) is 11.0 Å². The molecule has 0 spiro atoms. The van der Waals surface area contributed by atoms with Crippen LogP contribution in [0.1, 0.15) is 15.9 Å². The molecule has 1 saturated heterocycles. The molecule has 3 N–H and O–H groups in total. The van der Waals surface area contributed by atoms with Crippen LogP contribution >= 0.6 is 0 Å². The first-order valence-corrected chi connectivity index (χ1v) is 9.02. The number of amides is 1. The molecule has 0 radical (unpaired) electrons. The van der Waals surface area contributed by atoms with Crippen LogP contribution in [0.5, 0.6) is 5.75 Å². The van der Waals surface area contributed by atoms with Crippen molar-refractivity contribution in [3.05, 3.63) is 53.6 Å². The quantitative estimate of drug-likeness (QED) is 0.722. The minimum absolute atomic E-state index is 0.436. The largest absolute Gasteiger partial charge is 0.497 e. The standard InChI is InChI=1S/C20H23N5O2/c1-27-16-5-2-14(3-6-16)13-24-8-10-25(11-9-24)20-22-17-7-4-15(19(21)26)12-18(17)23-20/h2-7,12H,8-11,13H2,1H3,(H2,21,26)(H,22,23). The molecule has 1 aromatic heterocycles. The number of piperazine rings is 1. The Kier molecular flexibility index (Phi) is 4.68. The molecule has 0 atom stereocenters. The van der Waals surface area contributed by atoms with Crippen LogP contribution in [0, 0.1) is 0 Å². The highest BCUT2D eigenvalue weighted by Gasteiger charge is 2.20. The maximum Gasteiger partial charge on any atom is 0.248 e. The van der Waals surface area contributed by atoms with Gasteiger partial charge in [-0.2, -0.15) is 0 Å². The molecule has 1 fully saturated rings. The van der Waals surface area contributed by atoms with Crippen molar-refractivity contribution in [3.8, 4) is 5.75 Å². The van der Waals surface area contributed by atoms with E-state index in [2.05, 4.69) is 31.9 Å². The van der Waals surface area contributed by atoms with Crippen molar-refractivity contribution in [1.29, 1.82) is 0 Å². The Labute approximate surface area is 157 Å². The second-order valence-corrected chi connectivity index (χ2v) is 6.77. The SMILES string of the molecule is COc1ccc(CN2CCN(c3nc4cc(C(N)=O)ccc4[nH]3)CC2)cc1. The highest BCUT2D eigenvalue weighted by Crippen LogP contribution is 2.21. The van der Waals surface area contributed by atoms with Gasteiger partial charge < -0.3 is 20.4 Å². The Balaban J connectivity index is 1.39. The second kappa shape index (κ2) is 7.28. The molecule has 0 unspecified atom stereocenters. The van der Waals surface area contributed by atoms with E-state index in [0.717, 1.165) is 55.5 Å². The van der Waals surface area contributed by atoms with Crippen molar-refractivity contribution in [2.45, 2.75) is 6.54 Å². The van der Waals surface area contributed by atoms with Gasteiger partial charge in [0.2, 0.25) is 11.9 Å². The molecule has 2 aromatic carbocycles. The van der Waals surface area contributed by atoms with E-state index in [9.17, 15) is 4.79 Å². The number of methoxy groups -OCH3 is 1. The molecule has 140 valence electrons. The summed E-state index contributed by atoms with van der Waals surface area (Å²) in [4.78, 5) is 24.0. The number of benzene rings is 2. The molecule has 2 heterocycles. The molecule has 4 rings (SSSR count). The van der Waals surface area contributed by atoms with Crippen LogP contribution in [-0.2, 0) is 6.54 Å². The first-order chi connectivity index (χ1) is 13.1. The predicted octanol–water partition coefficient (Wildman–Crippen LogP) is 1.99. The van der Waals surface area contributed by atoms with Gasteiger partial charge in [0.25, 0.3) is 0 Å². The lowest BCUT2D eigenvalue weighted by Gasteiger charge is -2.34. The van der Waals surface area contributed by atoms with E-state index in [-0.39, 0.29) is 0 Å². The van der Waals surface area contributed by atoms with Crippen LogP contribution in [0.3, 0.4) is 0 Å². The lowest BCUT2D eigenvalue weighted by molar-refractivity contribution is 0.100. The number of ether oxygens (including phenoxy) is 1. The first-order valence-electron chi connectivity index (χ1n) is 9.02. The topological polar surface area (TPSA) is 87.5 Å². The molecule has 3 aromatic rings. The number of H-pyrrole nitrogens is 1. The van der Waals surface area contributed by atoms with Gasteiger partial charge in [-0.25, -0.2) is 4.98 Å². The number of aromatic amines is 1. The molecule has 1 aliphatic heterocycles.